The van der Waals surface area contributed by atoms with Crippen LogP contribution in [0.2, 0.25) is 0 Å². The van der Waals surface area contributed by atoms with Crippen molar-refractivity contribution in [3.63, 3.8) is 0 Å². The van der Waals surface area contributed by atoms with Crippen LogP contribution in [-0.2, 0) is 13.0 Å². The molecule has 4 aromatic rings. The summed E-state index contributed by atoms with van der Waals surface area (Å²) >= 11 is 0. The number of hydrogen-bond acceptors (Lipinski definition) is 4. The molecule has 0 unspecified atom stereocenters. The average molecular weight is 415 g/mol. The van der Waals surface area contributed by atoms with Crippen LogP contribution in [0, 0.1) is 0 Å². The third-order valence-electron chi connectivity index (χ3n) is 6.42. The summed E-state index contributed by atoms with van der Waals surface area (Å²) in [4.78, 5) is 9.33. The third-order valence-corrected chi connectivity index (χ3v) is 6.42. The molecule has 0 saturated carbocycles. The lowest BCUT2D eigenvalue weighted by atomic mass is 10.2. The largest absolute Gasteiger partial charge is 0.390 e. The maximum Gasteiger partial charge on any atom is 0.0845 e. The molecule has 1 fully saturated rings. The lowest BCUT2D eigenvalue weighted by molar-refractivity contribution is 0.0658. The first-order chi connectivity index (χ1) is 15.3. The van der Waals surface area contributed by atoms with E-state index in [0.717, 1.165) is 51.4 Å². The van der Waals surface area contributed by atoms with E-state index in [1.54, 1.807) is 0 Å². The Morgan fingerprint density at radius 3 is 2.00 bits per heavy atom. The molecule has 1 aliphatic heterocycles. The van der Waals surface area contributed by atoms with Crippen LogP contribution in [0.5, 0.6) is 0 Å². The molecule has 1 N–H and O–H groups in total. The number of β-amino-alcohol motifs (C(OH)–C–C–N with tert-alkyl or cyclic N) is 1. The molecule has 0 spiro atoms. The minimum atomic E-state index is -0.390. The summed E-state index contributed by atoms with van der Waals surface area (Å²) in [7, 11) is 0. The zero-order chi connectivity index (χ0) is 21.0. The van der Waals surface area contributed by atoms with E-state index in [-0.39, 0.29) is 6.10 Å². The van der Waals surface area contributed by atoms with E-state index in [1.807, 2.05) is 12.3 Å². The standard InChI is InChI=1S/C26H30N4O/c31-22(19-29-17-15-28(16-18-29)14-12-21-7-5-6-13-27-21)20-30-25-10-3-1-8-23(25)24-9-2-4-11-26(24)30/h1-11,13,22,31H,12,14-20H2/t22-/m1/s1. The zero-order valence-electron chi connectivity index (χ0n) is 17.9. The van der Waals surface area contributed by atoms with Crippen LogP contribution >= 0.6 is 0 Å². The molecule has 1 saturated heterocycles. The zero-order valence-corrected chi connectivity index (χ0v) is 17.9. The fraction of sp³-hybridized carbons (Fsp3) is 0.346. The summed E-state index contributed by atoms with van der Waals surface area (Å²) in [6, 6.07) is 23.1. The molecule has 160 valence electrons. The molecule has 0 aliphatic carbocycles. The van der Waals surface area contributed by atoms with Gasteiger partial charge in [0, 0.05) is 79.4 Å². The van der Waals surface area contributed by atoms with E-state index in [0.29, 0.717) is 6.54 Å². The number of hydrogen-bond donors (Lipinski definition) is 1. The first kappa shape index (κ1) is 20.2. The monoisotopic (exact) mass is 414 g/mol. The van der Waals surface area contributed by atoms with Crippen molar-refractivity contribution in [2.45, 2.75) is 19.1 Å². The number of piperazine rings is 1. The maximum absolute atomic E-state index is 10.9. The van der Waals surface area contributed by atoms with Gasteiger partial charge in [-0.25, -0.2) is 0 Å². The maximum atomic E-state index is 10.9. The number of rotatable bonds is 7. The molecule has 5 rings (SSSR count). The number of pyridine rings is 1. The number of aromatic nitrogens is 2. The molecule has 31 heavy (non-hydrogen) atoms. The van der Waals surface area contributed by atoms with Crippen LogP contribution in [0.1, 0.15) is 5.69 Å². The van der Waals surface area contributed by atoms with Gasteiger partial charge < -0.3 is 14.6 Å². The van der Waals surface area contributed by atoms with Crippen LogP contribution in [0.25, 0.3) is 21.8 Å². The van der Waals surface area contributed by atoms with Crippen LogP contribution in [0.4, 0.5) is 0 Å². The molecule has 0 amide bonds. The highest BCUT2D eigenvalue weighted by atomic mass is 16.3. The Balaban J connectivity index is 1.18. The normalized spacial score (nSPS) is 16.8. The van der Waals surface area contributed by atoms with E-state index in [2.05, 4.69) is 80.0 Å². The van der Waals surface area contributed by atoms with E-state index in [4.69, 9.17) is 0 Å². The van der Waals surface area contributed by atoms with E-state index in [1.165, 1.54) is 21.8 Å². The number of fused-ring (bicyclic) bond motifs is 3. The van der Waals surface area contributed by atoms with E-state index >= 15 is 0 Å². The summed E-state index contributed by atoms with van der Waals surface area (Å²) in [5.41, 5.74) is 3.55. The van der Waals surface area contributed by atoms with Gasteiger partial charge in [-0.05, 0) is 24.3 Å². The SMILES string of the molecule is O[C@H](CN1CCN(CCc2ccccn2)CC1)Cn1c2ccccc2c2ccccc21. The van der Waals surface area contributed by atoms with Gasteiger partial charge in [-0.3, -0.25) is 9.88 Å². The van der Waals surface area contributed by atoms with Gasteiger partial charge in [0.05, 0.1) is 12.6 Å². The Bertz CT molecular complexity index is 1080. The molecule has 3 heterocycles. The summed E-state index contributed by atoms with van der Waals surface area (Å²) in [5.74, 6) is 0. The van der Waals surface area contributed by atoms with Gasteiger partial charge in [0.15, 0.2) is 0 Å². The summed E-state index contributed by atoms with van der Waals surface area (Å²) < 4.78 is 2.28. The second-order valence-corrected chi connectivity index (χ2v) is 8.51. The van der Waals surface area contributed by atoms with Crippen molar-refractivity contribution < 1.29 is 5.11 Å². The van der Waals surface area contributed by atoms with Crippen molar-refractivity contribution in [2.75, 3.05) is 39.3 Å². The fourth-order valence-electron chi connectivity index (χ4n) is 4.78. The number of benzene rings is 2. The molecular formula is C26H30N4O. The van der Waals surface area contributed by atoms with Gasteiger partial charge in [0.25, 0.3) is 0 Å². The van der Waals surface area contributed by atoms with Crippen molar-refractivity contribution in [2.24, 2.45) is 0 Å². The molecule has 1 aliphatic rings. The number of aliphatic hydroxyl groups excluding tert-OH is 1. The summed E-state index contributed by atoms with van der Waals surface area (Å²) in [6.45, 7) is 6.50. The Kier molecular flexibility index (Phi) is 5.98. The van der Waals surface area contributed by atoms with Crippen molar-refractivity contribution in [3.8, 4) is 0 Å². The van der Waals surface area contributed by atoms with Crippen molar-refractivity contribution in [1.82, 2.24) is 19.4 Å². The van der Waals surface area contributed by atoms with E-state index < -0.39 is 0 Å². The predicted octanol–water partition coefficient (Wildman–Crippen LogP) is 3.41. The van der Waals surface area contributed by atoms with Crippen LogP contribution < -0.4 is 0 Å². The second kappa shape index (κ2) is 9.18. The highest BCUT2D eigenvalue weighted by Crippen LogP contribution is 2.28. The van der Waals surface area contributed by atoms with Crippen LogP contribution in [-0.4, -0.2) is 69.8 Å². The van der Waals surface area contributed by atoms with Gasteiger partial charge in [-0.2, -0.15) is 0 Å². The van der Waals surface area contributed by atoms with Crippen molar-refractivity contribution in [3.05, 3.63) is 78.6 Å². The van der Waals surface area contributed by atoms with Crippen molar-refractivity contribution in [1.29, 1.82) is 0 Å². The molecule has 5 heteroatoms. The Morgan fingerprint density at radius 2 is 1.35 bits per heavy atom. The third kappa shape index (κ3) is 4.49. The van der Waals surface area contributed by atoms with Crippen LogP contribution in [0.3, 0.4) is 0 Å². The molecule has 2 aromatic heterocycles. The lowest BCUT2D eigenvalue weighted by Gasteiger charge is -2.35. The van der Waals surface area contributed by atoms with Gasteiger partial charge in [0.1, 0.15) is 0 Å². The topological polar surface area (TPSA) is 44.5 Å². The van der Waals surface area contributed by atoms with E-state index in [9.17, 15) is 5.11 Å². The van der Waals surface area contributed by atoms with Gasteiger partial charge in [0.2, 0.25) is 0 Å². The molecule has 0 radical (unpaired) electrons. The fourth-order valence-corrected chi connectivity index (χ4v) is 4.78. The highest BCUT2D eigenvalue weighted by Gasteiger charge is 2.20. The smallest absolute Gasteiger partial charge is 0.0845 e. The molecule has 2 aromatic carbocycles. The number of aliphatic hydroxyl groups is 1. The molecule has 1 atom stereocenters. The summed E-state index contributed by atoms with van der Waals surface area (Å²) in [6.07, 6.45) is 2.47. The quantitative estimate of drug-likeness (QED) is 0.503. The molecular weight excluding hydrogens is 384 g/mol. The Labute approximate surface area is 183 Å². The average Bonchev–Trinajstić information content (AvgIpc) is 3.13. The van der Waals surface area contributed by atoms with Gasteiger partial charge >= 0.3 is 0 Å². The number of para-hydroxylation sites is 2. The van der Waals surface area contributed by atoms with Gasteiger partial charge in [-0.15, -0.1) is 0 Å². The van der Waals surface area contributed by atoms with Gasteiger partial charge in [-0.1, -0.05) is 42.5 Å². The molecule has 0 bridgehead atoms. The first-order valence-electron chi connectivity index (χ1n) is 11.3. The Hall–Kier alpha value is -2.73. The Morgan fingerprint density at radius 1 is 0.742 bits per heavy atom. The lowest BCUT2D eigenvalue weighted by Crippen LogP contribution is -2.49. The predicted molar refractivity (Wildman–Crippen MR) is 126 cm³/mol. The molecule has 5 nitrogen and oxygen atoms in total. The van der Waals surface area contributed by atoms with Crippen LogP contribution in [0.15, 0.2) is 72.9 Å². The first-order valence-corrected chi connectivity index (χ1v) is 11.3. The number of nitrogens with zero attached hydrogens (tertiary/aromatic N) is 4. The minimum Gasteiger partial charge on any atom is -0.390 e. The highest BCUT2D eigenvalue weighted by molar-refractivity contribution is 6.07. The summed E-state index contributed by atoms with van der Waals surface area (Å²) in [5, 5.41) is 13.4. The second-order valence-electron chi connectivity index (χ2n) is 8.51. The van der Waals surface area contributed by atoms with Crippen molar-refractivity contribution >= 4 is 21.8 Å². The minimum absolute atomic E-state index is 0.390.